The third-order valence-corrected chi connectivity index (χ3v) is 20.0. The number of aryl methyl sites for hydroxylation is 4. The number of esters is 1. The summed E-state index contributed by atoms with van der Waals surface area (Å²) in [4.78, 5) is 53.2. The molecule has 736 valence electrons. The molecule has 6 N–H and O–H groups in total. The van der Waals surface area contributed by atoms with Crippen molar-refractivity contribution in [2.75, 3.05) is 316 Å². The van der Waals surface area contributed by atoms with Gasteiger partial charge in [0.2, 0.25) is 17.4 Å². The van der Waals surface area contributed by atoms with E-state index in [0.717, 1.165) is 172 Å². The van der Waals surface area contributed by atoms with Gasteiger partial charge in [0.15, 0.2) is 11.6 Å². The summed E-state index contributed by atoms with van der Waals surface area (Å²) >= 11 is 0. The van der Waals surface area contributed by atoms with Crippen molar-refractivity contribution in [3.63, 3.8) is 0 Å². The Labute approximate surface area is 764 Å². The number of aromatic nitrogens is 6. The van der Waals surface area contributed by atoms with Crippen LogP contribution in [0, 0.1) is 23.3 Å². The van der Waals surface area contributed by atoms with Gasteiger partial charge in [-0.3, -0.25) is 9.59 Å². The molecule has 4 heterocycles. The van der Waals surface area contributed by atoms with Crippen molar-refractivity contribution in [2.45, 2.75) is 124 Å². The molecule has 0 spiro atoms. The lowest BCUT2D eigenvalue weighted by atomic mass is 10.0. The Hall–Kier alpha value is -7.00. The number of halogens is 4. The first kappa shape index (κ1) is 112. The maximum atomic E-state index is 13.6. The number of nitrogens with zero attached hydrogens (tertiary/aromatic N) is 6. The zero-order chi connectivity index (χ0) is 92.7. The zero-order valence-electron chi connectivity index (χ0n) is 77.7. The van der Waals surface area contributed by atoms with Gasteiger partial charge < -0.3 is 131 Å². The van der Waals surface area contributed by atoms with Crippen molar-refractivity contribution in [2.24, 2.45) is 0 Å². The predicted molar refractivity (Wildman–Crippen MR) is 487 cm³/mol. The number of nitrogens with one attached hydrogen (secondary N) is 2. The van der Waals surface area contributed by atoms with Crippen LogP contribution in [0.5, 0.6) is 5.75 Å². The number of likely N-dealkylation sites (N-methyl/N-ethyl adjacent to an activating group) is 2. The van der Waals surface area contributed by atoms with Gasteiger partial charge in [0.05, 0.1) is 282 Å². The fourth-order valence-corrected chi connectivity index (χ4v) is 12.9. The maximum Gasteiger partial charge on any atom is 0.313 e. The number of hydrogen-bond donors (Lipinski definition) is 4. The van der Waals surface area contributed by atoms with Gasteiger partial charge in [-0.1, -0.05) is 63.8 Å². The van der Waals surface area contributed by atoms with E-state index >= 15 is 0 Å². The zero-order valence-corrected chi connectivity index (χ0v) is 77.7. The molecule has 7 aromatic rings. The molecule has 37 heteroatoms. The van der Waals surface area contributed by atoms with E-state index in [-0.39, 0.29) is 31.7 Å². The first-order valence-electron chi connectivity index (χ1n) is 46.2. The minimum atomic E-state index is -1.79. The SMILES string of the molecule is CCCCc1nc2c([nH]1)c(N)nc1cccc(CCCCCN(C)CCOCCOCCOCCOCCOCCOCCOCCOCCOCCOCCC(=O)Oc3c(F)c(F)cc(F)c3F)c12.CCCCc1nc2c([nH]1)c(N)nc1cccc(CCCCCN(C)CCOCCOCCOCCOCCOCCOCCOCCOCCOCCOCCC(C)=O)c12. The van der Waals surface area contributed by atoms with Gasteiger partial charge in [0, 0.05) is 49.2 Å². The number of H-pyrrole nitrogens is 2. The number of nitrogen functional groups attached to an aromatic ring is 2. The number of carbonyl (C=O) groups excluding carboxylic acids is 2. The van der Waals surface area contributed by atoms with Crippen LogP contribution < -0.4 is 16.2 Å². The van der Waals surface area contributed by atoms with E-state index in [1.807, 2.05) is 12.1 Å². The molecule has 0 aliphatic carbocycles. The average Bonchev–Trinajstić information content (AvgIpc) is 1.60. The van der Waals surface area contributed by atoms with Crippen LogP contribution in [-0.2, 0) is 130 Å². The Kier molecular flexibility index (Phi) is 63.1. The summed E-state index contributed by atoms with van der Waals surface area (Å²) < 4.78 is 168. The summed E-state index contributed by atoms with van der Waals surface area (Å²) in [6.07, 6.45) is 15.0. The molecule has 0 unspecified atom stereocenters. The van der Waals surface area contributed by atoms with Crippen molar-refractivity contribution in [3.05, 3.63) is 88.5 Å². The lowest BCUT2D eigenvalue weighted by molar-refractivity contribution is -0.136. The summed E-state index contributed by atoms with van der Waals surface area (Å²) in [6, 6.07) is 12.6. The summed E-state index contributed by atoms with van der Waals surface area (Å²) in [5, 5.41) is 2.25. The number of carbonyl (C=O) groups is 2. The van der Waals surface area contributed by atoms with Gasteiger partial charge in [0.25, 0.3) is 0 Å². The fraction of sp³-hybridized carbons (Fsp3) is 0.699. The van der Waals surface area contributed by atoms with E-state index in [4.69, 9.17) is 116 Å². The van der Waals surface area contributed by atoms with Crippen molar-refractivity contribution in [3.8, 4) is 5.75 Å². The van der Waals surface area contributed by atoms with Gasteiger partial charge in [-0.15, -0.1) is 0 Å². The number of benzene rings is 3. The number of pyridine rings is 2. The minimum absolute atomic E-state index is 0.0204. The van der Waals surface area contributed by atoms with Gasteiger partial charge >= 0.3 is 5.97 Å². The van der Waals surface area contributed by atoms with E-state index in [1.54, 1.807) is 6.92 Å². The van der Waals surface area contributed by atoms with E-state index in [0.29, 0.717) is 263 Å². The Morgan fingerprint density at radius 3 is 0.900 bits per heavy atom. The highest BCUT2D eigenvalue weighted by atomic mass is 19.2. The van der Waals surface area contributed by atoms with Gasteiger partial charge in [-0.25, -0.2) is 28.7 Å². The number of ether oxygens (including phenoxy) is 21. The number of unbranched alkanes of at least 4 members (excludes halogenated alkanes) is 6. The Bertz CT molecular complexity index is 4050. The lowest BCUT2D eigenvalue weighted by Gasteiger charge is -2.16. The third-order valence-electron chi connectivity index (χ3n) is 20.0. The van der Waals surface area contributed by atoms with Gasteiger partial charge in [0.1, 0.15) is 51.1 Å². The molecule has 7 rings (SSSR count). The van der Waals surface area contributed by atoms with Crippen molar-refractivity contribution >= 4 is 67.3 Å². The monoisotopic (exact) mass is 1850 g/mol. The third kappa shape index (κ3) is 49.8. The number of nitrogens with two attached hydrogens (primary N) is 2. The van der Waals surface area contributed by atoms with E-state index in [2.05, 4.69) is 86.7 Å². The summed E-state index contributed by atoms with van der Waals surface area (Å²) in [5.41, 5.74) is 20.6. The second kappa shape index (κ2) is 73.4. The molecule has 0 aliphatic heterocycles. The molecular weight excluding hydrogens is 1700 g/mol. The smallest absolute Gasteiger partial charge is 0.313 e. The van der Waals surface area contributed by atoms with Crippen molar-refractivity contribution in [1.82, 2.24) is 39.7 Å². The average molecular weight is 1850 g/mol. The number of Topliss-reactive ketones (excluding diaryl/α,β-unsaturated/α-hetero) is 1. The van der Waals surface area contributed by atoms with Crippen molar-refractivity contribution in [1.29, 1.82) is 0 Å². The fourth-order valence-electron chi connectivity index (χ4n) is 12.9. The molecule has 0 amide bonds. The number of rotatable bonds is 85. The molecular formula is C93H148F4N10O23. The van der Waals surface area contributed by atoms with E-state index in [1.165, 1.54) is 11.1 Å². The molecule has 0 radical (unpaired) electrons. The van der Waals surface area contributed by atoms with Crippen LogP contribution >= 0.6 is 0 Å². The molecule has 0 fully saturated rings. The normalized spacial score (nSPS) is 11.8. The Balaban J connectivity index is 0.000000405. The predicted octanol–water partition coefficient (Wildman–Crippen LogP) is 11.2. The van der Waals surface area contributed by atoms with Crippen LogP contribution in [0.25, 0.3) is 43.9 Å². The summed E-state index contributed by atoms with van der Waals surface area (Å²) in [5.74, 6) is -6.36. The van der Waals surface area contributed by atoms with Crippen LogP contribution in [0.2, 0.25) is 0 Å². The largest absolute Gasteiger partial charge is 0.420 e. The van der Waals surface area contributed by atoms with Crippen LogP contribution in [0.3, 0.4) is 0 Å². The number of hydrogen-bond acceptors (Lipinski definition) is 31. The number of anilines is 2. The number of fused-ring (bicyclic) bond motifs is 6. The standard InChI is InChI=1S/C49H73F4N5O12.C44H75N5O11/c1-3-4-12-41-56-46-43-37(10-8-11-40(43)55-49(54)47(46)57-41)9-6-5-7-14-58(2)15-17-61-19-21-63-23-25-65-27-29-67-31-33-69-35-34-68-32-30-66-28-26-64-24-22-62-20-18-60-16-13-42(59)70-48-44(52)38(50)36-39(51)45(48)53;1-4-5-13-40-47-42-41-38(11-9-12-39(41)46-44(45)43(42)48-40)10-7-6-8-15-49(3)16-18-52-20-22-54-24-26-56-28-30-58-32-34-60-36-35-59-33-31-57-29-27-55-25-23-53-21-19-51-17-14-37(2)50/h8,10-11,36H,3-7,9,12-35H2,1-2H3,(H2,54,55)(H,56,57);9,11-12H,4-8,10,13-36H2,1-3H3,(H2,45,46)(H,47,48). The first-order valence-corrected chi connectivity index (χ1v) is 46.2. The Morgan fingerprint density at radius 1 is 0.338 bits per heavy atom. The molecule has 3 aromatic carbocycles. The molecule has 0 atom stereocenters. The molecule has 0 saturated heterocycles. The van der Waals surface area contributed by atoms with Crippen LogP contribution in [0.15, 0.2) is 42.5 Å². The van der Waals surface area contributed by atoms with Crippen molar-refractivity contribution < 1.29 is 127 Å². The summed E-state index contributed by atoms with van der Waals surface area (Å²) in [6.45, 7) is 27.9. The molecule has 0 bridgehead atoms. The number of imidazole rings is 2. The highest BCUT2D eigenvalue weighted by molar-refractivity contribution is 6.08. The molecule has 130 heavy (non-hydrogen) atoms. The first-order chi connectivity index (χ1) is 63.7. The van der Waals surface area contributed by atoms with Crippen LogP contribution in [-0.4, -0.2) is 356 Å². The minimum Gasteiger partial charge on any atom is -0.420 e. The second-order valence-corrected chi connectivity index (χ2v) is 30.6. The highest BCUT2D eigenvalue weighted by Crippen LogP contribution is 2.33. The quantitative estimate of drug-likeness (QED) is 0.00904. The van der Waals surface area contributed by atoms with E-state index < -0.39 is 41.4 Å². The van der Waals surface area contributed by atoms with E-state index in [9.17, 15) is 27.2 Å². The van der Waals surface area contributed by atoms with Gasteiger partial charge in [-0.05, 0) is 109 Å². The second-order valence-electron chi connectivity index (χ2n) is 30.6. The van der Waals surface area contributed by atoms with Gasteiger partial charge in [-0.2, -0.15) is 8.78 Å². The maximum absolute atomic E-state index is 13.6. The molecule has 33 nitrogen and oxygen atoms in total. The topological polar surface area (TPSA) is 370 Å². The summed E-state index contributed by atoms with van der Waals surface area (Å²) in [7, 11) is 4.28. The van der Waals surface area contributed by atoms with Crippen LogP contribution in [0.4, 0.5) is 29.2 Å². The number of aromatic amines is 2. The molecule has 4 aromatic heterocycles. The molecule has 0 saturated carbocycles. The highest BCUT2D eigenvalue weighted by Gasteiger charge is 2.24. The van der Waals surface area contributed by atoms with Crippen LogP contribution in [0.1, 0.15) is 121 Å². The molecule has 0 aliphatic rings. The Morgan fingerprint density at radius 2 is 0.615 bits per heavy atom. The lowest BCUT2D eigenvalue weighted by Crippen LogP contribution is -2.25. The number of ketones is 1.